The van der Waals surface area contributed by atoms with Crippen LogP contribution in [0.2, 0.25) is 0 Å². The van der Waals surface area contributed by atoms with Crippen molar-refractivity contribution in [1.29, 1.82) is 0 Å². The van der Waals surface area contributed by atoms with E-state index in [1.165, 1.54) is 0 Å². The Morgan fingerprint density at radius 2 is 2.06 bits per heavy atom. The third-order valence-electron chi connectivity index (χ3n) is 2.88. The first-order valence-corrected chi connectivity index (χ1v) is 6.33. The molecule has 0 aliphatic heterocycles. The monoisotopic (exact) mass is 244 g/mol. The van der Waals surface area contributed by atoms with Gasteiger partial charge in [0.2, 0.25) is 5.91 Å². The van der Waals surface area contributed by atoms with Gasteiger partial charge in [0.05, 0.1) is 0 Å². The van der Waals surface area contributed by atoms with Crippen LogP contribution in [0.25, 0.3) is 0 Å². The first-order chi connectivity index (χ1) is 7.86. The summed E-state index contributed by atoms with van der Waals surface area (Å²) in [6.45, 7) is 10.9. The topological polar surface area (TPSA) is 55.6 Å². The first-order valence-electron chi connectivity index (χ1n) is 6.33. The van der Waals surface area contributed by atoms with E-state index < -0.39 is 0 Å². The van der Waals surface area contributed by atoms with Crippen LogP contribution in [0, 0.1) is 11.3 Å². The molecular weight excluding hydrogens is 216 g/mol. The second kappa shape index (κ2) is 7.67. The van der Waals surface area contributed by atoms with Gasteiger partial charge >= 0.3 is 0 Å². The maximum absolute atomic E-state index is 12.1. The van der Waals surface area contributed by atoms with Gasteiger partial charge in [0, 0.05) is 33.2 Å². The van der Waals surface area contributed by atoms with Crippen LogP contribution in [0.1, 0.15) is 34.1 Å². The summed E-state index contributed by atoms with van der Waals surface area (Å²) < 4.78 is 5.05. The fourth-order valence-electron chi connectivity index (χ4n) is 1.73. The molecule has 0 aromatic heterocycles. The molecule has 0 heterocycles. The molecule has 4 nitrogen and oxygen atoms in total. The summed E-state index contributed by atoms with van der Waals surface area (Å²) in [5.74, 6) is 0.459. The lowest BCUT2D eigenvalue weighted by Gasteiger charge is -2.31. The summed E-state index contributed by atoms with van der Waals surface area (Å²) >= 11 is 0. The quantitative estimate of drug-likeness (QED) is 0.704. The summed E-state index contributed by atoms with van der Waals surface area (Å²) in [7, 11) is 1.66. The summed E-state index contributed by atoms with van der Waals surface area (Å²) in [6.07, 6.45) is 0.544. The Labute approximate surface area is 105 Å². The molecule has 17 heavy (non-hydrogen) atoms. The number of carbonyl (C=O) groups is 1. The van der Waals surface area contributed by atoms with Gasteiger partial charge in [0.1, 0.15) is 0 Å². The second-order valence-corrected chi connectivity index (χ2v) is 5.54. The van der Waals surface area contributed by atoms with Gasteiger partial charge in [-0.3, -0.25) is 4.79 Å². The fraction of sp³-hybridized carbons (Fsp3) is 0.923. The molecule has 1 amide bonds. The minimum absolute atomic E-state index is 0.0177. The van der Waals surface area contributed by atoms with Crippen molar-refractivity contribution in [3.63, 3.8) is 0 Å². The molecule has 1 unspecified atom stereocenters. The molecule has 0 aromatic rings. The van der Waals surface area contributed by atoms with Crippen LogP contribution >= 0.6 is 0 Å². The van der Waals surface area contributed by atoms with E-state index in [4.69, 9.17) is 10.5 Å². The van der Waals surface area contributed by atoms with Gasteiger partial charge in [0.25, 0.3) is 0 Å². The van der Waals surface area contributed by atoms with Crippen LogP contribution in [0.3, 0.4) is 0 Å². The standard InChI is InChI=1S/C13H28N2O2/c1-6-15(10-13(3,4)9-14)12(16)7-11(2)8-17-5/h11H,6-10,14H2,1-5H3. The zero-order valence-electron chi connectivity index (χ0n) is 12.0. The zero-order valence-corrected chi connectivity index (χ0v) is 12.0. The molecule has 0 aliphatic rings. The highest BCUT2D eigenvalue weighted by Gasteiger charge is 2.23. The van der Waals surface area contributed by atoms with Crippen molar-refractivity contribution in [3.05, 3.63) is 0 Å². The van der Waals surface area contributed by atoms with Crippen molar-refractivity contribution in [3.8, 4) is 0 Å². The van der Waals surface area contributed by atoms with E-state index >= 15 is 0 Å². The number of carbonyl (C=O) groups excluding carboxylic acids is 1. The molecule has 0 aromatic carbocycles. The predicted octanol–water partition coefficient (Wildman–Crippen LogP) is 1.49. The van der Waals surface area contributed by atoms with Gasteiger partial charge in [0.15, 0.2) is 0 Å². The average molecular weight is 244 g/mol. The molecule has 0 rings (SSSR count). The third-order valence-corrected chi connectivity index (χ3v) is 2.88. The first kappa shape index (κ1) is 16.4. The number of methoxy groups -OCH3 is 1. The highest BCUT2D eigenvalue weighted by molar-refractivity contribution is 5.76. The Kier molecular flexibility index (Phi) is 7.39. The minimum atomic E-state index is -0.0177. The van der Waals surface area contributed by atoms with Crippen molar-refractivity contribution in [2.24, 2.45) is 17.1 Å². The summed E-state index contributed by atoms with van der Waals surface area (Å²) in [6, 6.07) is 0. The number of hydrogen-bond acceptors (Lipinski definition) is 3. The normalized spacial score (nSPS) is 13.5. The Morgan fingerprint density at radius 3 is 2.47 bits per heavy atom. The maximum atomic E-state index is 12.1. The third kappa shape index (κ3) is 6.64. The summed E-state index contributed by atoms with van der Waals surface area (Å²) in [4.78, 5) is 14.0. The number of hydrogen-bond donors (Lipinski definition) is 1. The lowest BCUT2D eigenvalue weighted by atomic mass is 9.92. The highest BCUT2D eigenvalue weighted by atomic mass is 16.5. The molecule has 4 heteroatoms. The number of nitrogens with zero attached hydrogens (tertiary/aromatic N) is 1. The van der Waals surface area contributed by atoms with E-state index in [0.717, 1.165) is 13.1 Å². The molecule has 0 bridgehead atoms. The number of nitrogens with two attached hydrogens (primary N) is 1. The molecule has 0 radical (unpaired) electrons. The summed E-state index contributed by atoms with van der Waals surface area (Å²) in [5, 5.41) is 0. The lowest BCUT2D eigenvalue weighted by molar-refractivity contribution is -0.133. The molecule has 0 saturated heterocycles. The van der Waals surface area contributed by atoms with E-state index in [1.54, 1.807) is 7.11 Å². The molecule has 0 fully saturated rings. The van der Waals surface area contributed by atoms with Gasteiger partial charge in [-0.15, -0.1) is 0 Å². The Hall–Kier alpha value is -0.610. The van der Waals surface area contributed by atoms with E-state index in [2.05, 4.69) is 13.8 Å². The molecule has 1 atom stereocenters. The fourth-order valence-corrected chi connectivity index (χ4v) is 1.73. The van der Waals surface area contributed by atoms with E-state index in [9.17, 15) is 4.79 Å². The van der Waals surface area contributed by atoms with Crippen molar-refractivity contribution in [2.75, 3.05) is 33.4 Å². The van der Waals surface area contributed by atoms with Crippen LogP contribution in [-0.2, 0) is 9.53 Å². The Bertz CT molecular complexity index is 229. The molecule has 0 spiro atoms. The lowest BCUT2D eigenvalue weighted by Crippen LogP contribution is -2.42. The van der Waals surface area contributed by atoms with E-state index in [1.807, 2.05) is 18.7 Å². The van der Waals surface area contributed by atoms with Gasteiger partial charge in [-0.2, -0.15) is 0 Å². The zero-order chi connectivity index (χ0) is 13.5. The predicted molar refractivity (Wildman–Crippen MR) is 70.7 cm³/mol. The van der Waals surface area contributed by atoms with Crippen LogP contribution in [0.15, 0.2) is 0 Å². The molecular formula is C13H28N2O2. The van der Waals surface area contributed by atoms with Crippen LogP contribution in [0.4, 0.5) is 0 Å². The van der Waals surface area contributed by atoms with Gasteiger partial charge in [-0.1, -0.05) is 20.8 Å². The molecule has 0 saturated carbocycles. The van der Waals surface area contributed by atoms with Crippen molar-refractivity contribution >= 4 is 5.91 Å². The average Bonchev–Trinajstić information content (AvgIpc) is 2.26. The summed E-state index contributed by atoms with van der Waals surface area (Å²) in [5.41, 5.74) is 5.68. The second-order valence-electron chi connectivity index (χ2n) is 5.54. The largest absolute Gasteiger partial charge is 0.384 e. The van der Waals surface area contributed by atoms with E-state index in [-0.39, 0.29) is 17.2 Å². The van der Waals surface area contributed by atoms with Gasteiger partial charge in [-0.05, 0) is 24.8 Å². The van der Waals surface area contributed by atoms with Crippen molar-refractivity contribution < 1.29 is 9.53 Å². The van der Waals surface area contributed by atoms with Crippen molar-refractivity contribution in [2.45, 2.75) is 34.1 Å². The number of rotatable bonds is 8. The molecule has 0 aliphatic carbocycles. The maximum Gasteiger partial charge on any atom is 0.222 e. The van der Waals surface area contributed by atoms with Crippen molar-refractivity contribution in [1.82, 2.24) is 4.90 Å². The smallest absolute Gasteiger partial charge is 0.222 e. The Morgan fingerprint density at radius 1 is 1.47 bits per heavy atom. The van der Waals surface area contributed by atoms with Crippen LogP contribution < -0.4 is 5.73 Å². The Balaban J connectivity index is 4.31. The van der Waals surface area contributed by atoms with E-state index in [0.29, 0.717) is 19.6 Å². The van der Waals surface area contributed by atoms with Crippen LogP contribution in [0.5, 0.6) is 0 Å². The number of amides is 1. The van der Waals surface area contributed by atoms with Gasteiger partial charge < -0.3 is 15.4 Å². The van der Waals surface area contributed by atoms with Crippen LogP contribution in [-0.4, -0.2) is 44.2 Å². The molecule has 2 N–H and O–H groups in total. The number of ether oxygens (including phenoxy) is 1. The van der Waals surface area contributed by atoms with Gasteiger partial charge in [-0.25, -0.2) is 0 Å². The molecule has 102 valence electrons. The highest BCUT2D eigenvalue weighted by Crippen LogP contribution is 2.16. The minimum Gasteiger partial charge on any atom is -0.384 e. The SMILES string of the molecule is CCN(CC(C)(C)CN)C(=O)CC(C)COC.